The third kappa shape index (κ3) is 2.43. The summed E-state index contributed by atoms with van der Waals surface area (Å²) in [6, 6.07) is 5.02. The van der Waals surface area contributed by atoms with Gasteiger partial charge in [-0.3, -0.25) is 10.1 Å². The summed E-state index contributed by atoms with van der Waals surface area (Å²) in [5.41, 5.74) is 0.992. The van der Waals surface area contributed by atoms with Crippen LogP contribution in [0.2, 0.25) is 0 Å². The highest BCUT2D eigenvalue weighted by Crippen LogP contribution is 2.28. The molecule has 0 unspecified atom stereocenters. The van der Waals surface area contributed by atoms with Crippen molar-refractivity contribution in [1.82, 2.24) is 0 Å². The van der Waals surface area contributed by atoms with Gasteiger partial charge in [0.25, 0.3) is 5.69 Å². The minimum absolute atomic E-state index is 0.101. The Kier molecular flexibility index (Phi) is 3.29. The van der Waals surface area contributed by atoms with Gasteiger partial charge in [-0.1, -0.05) is 0 Å². The molecule has 2 N–H and O–H groups in total. The molecule has 0 heterocycles. The molecule has 0 aromatic heterocycles. The molecule has 0 saturated heterocycles. The quantitative estimate of drug-likeness (QED) is 0.504. The van der Waals surface area contributed by atoms with Gasteiger partial charge < -0.3 is 10.4 Å². The maximum atomic E-state index is 10.5. The number of nitro benzene ring substituents is 1. The average molecular weight is 334 g/mol. The fourth-order valence-corrected chi connectivity index (χ4v) is 2.31. The van der Waals surface area contributed by atoms with Crippen molar-refractivity contribution in [2.24, 2.45) is 0 Å². The van der Waals surface area contributed by atoms with E-state index in [9.17, 15) is 10.1 Å². The molecule has 1 aliphatic rings. The van der Waals surface area contributed by atoms with E-state index in [0.29, 0.717) is 0 Å². The Bertz CT molecular complexity index is 419. The smallest absolute Gasteiger partial charge is 0.270 e. The first-order chi connectivity index (χ1) is 7.56. The Morgan fingerprint density at radius 3 is 2.69 bits per heavy atom. The molecule has 0 spiro atoms. The van der Waals surface area contributed by atoms with Crippen molar-refractivity contribution in [2.45, 2.75) is 25.0 Å². The van der Waals surface area contributed by atoms with Gasteiger partial charge in [0.15, 0.2) is 0 Å². The Labute approximate surface area is 106 Å². The summed E-state index contributed by atoms with van der Waals surface area (Å²) < 4.78 is 0.827. The molecule has 1 aromatic carbocycles. The highest BCUT2D eigenvalue weighted by atomic mass is 127. The number of anilines is 1. The van der Waals surface area contributed by atoms with E-state index in [2.05, 4.69) is 27.9 Å². The molecular weight excluding hydrogens is 323 g/mol. The molecule has 0 bridgehead atoms. The van der Waals surface area contributed by atoms with Gasteiger partial charge in [0.1, 0.15) is 0 Å². The van der Waals surface area contributed by atoms with E-state index in [-0.39, 0.29) is 17.8 Å². The van der Waals surface area contributed by atoms with Gasteiger partial charge in [-0.25, -0.2) is 0 Å². The Morgan fingerprint density at radius 1 is 1.50 bits per heavy atom. The van der Waals surface area contributed by atoms with Gasteiger partial charge in [-0.05, 0) is 41.5 Å². The van der Waals surface area contributed by atoms with Gasteiger partial charge in [0.2, 0.25) is 0 Å². The van der Waals surface area contributed by atoms with E-state index in [4.69, 9.17) is 5.11 Å². The molecule has 1 saturated carbocycles. The van der Waals surface area contributed by atoms with Crippen LogP contribution in [0.25, 0.3) is 0 Å². The summed E-state index contributed by atoms with van der Waals surface area (Å²) in [5, 5.41) is 23.0. The summed E-state index contributed by atoms with van der Waals surface area (Å²) in [4.78, 5) is 10.1. The van der Waals surface area contributed by atoms with Gasteiger partial charge in [-0.2, -0.15) is 0 Å². The van der Waals surface area contributed by atoms with Crippen LogP contribution in [0.1, 0.15) is 12.8 Å². The lowest BCUT2D eigenvalue weighted by Gasteiger charge is -2.33. The van der Waals surface area contributed by atoms with Gasteiger partial charge >= 0.3 is 0 Å². The van der Waals surface area contributed by atoms with Crippen LogP contribution in [-0.4, -0.2) is 22.2 Å². The fourth-order valence-electron chi connectivity index (χ4n) is 1.66. The molecule has 1 aromatic rings. The van der Waals surface area contributed by atoms with Crippen molar-refractivity contribution in [3.05, 3.63) is 31.9 Å². The Hall–Kier alpha value is -0.890. The number of aliphatic hydroxyl groups excluding tert-OH is 1. The van der Waals surface area contributed by atoms with Gasteiger partial charge in [0, 0.05) is 27.4 Å². The molecule has 1 aliphatic carbocycles. The molecular formula is C10H11IN2O3. The topological polar surface area (TPSA) is 75.4 Å². The minimum atomic E-state index is -0.404. The molecule has 6 heteroatoms. The molecule has 0 atom stereocenters. The van der Waals surface area contributed by atoms with Crippen molar-refractivity contribution in [1.29, 1.82) is 0 Å². The van der Waals surface area contributed by atoms with Crippen LogP contribution in [-0.2, 0) is 0 Å². The Morgan fingerprint density at radius 2 is 2.19 bits per heavy atom. The highest BCUT2D eigenvalue weighted by molar-refractivity contribution is 14.1. The number of nitrogens with zero attached hydrogens (tertiary/aromatic N) is 1. The second-order valence-corrected chi connectivity index (χ2v) is 5.05. The van der Waals surface area contributed by atoms with Crippen molar-refractivity contribution in [3.8, 4) is 0 Å². The summed E-state index contributed by atoms with van der Waals surface area (Å²) in [6.07, 6.45) is 1.29. The molecule has 0 radical (unpaired) electrons. The van der Waals surface area contributed by atoms with Crippen LogP contribution >= 0.6 is 22.6 Å². The van der Waals surface area contributed by atoms with Crippen LogP contribution in [0.3, 0.4) is 0 Å². The first-order valence-corrected chi connectivity index (χ1v) is 6.02. The number of halogens is 1. The number of non-ortho nitro benzene ring substituents is 1. The minimum Gasteiger partial charge on any atom is -0.393 e. The lowest BCUT2D eigenvalue weighted by atomic mass is 9.89. The molecule has 1 fully saturated rings. The van der Waals surface area contributed by atoms with Gasteiger partial charge in [0.05, 0.1) is 11.0 Å². The van der Waals surface area contributed by atoms with E-state index in [0.717, 1.165) is 22.1 Å². The monoisotopic (exact) mass is 334 g/mol. The van der Waals surface area contributed by atoms with Crippen molar-refractivity contribution >= 4 is 34.0 Å². The molecule has 16 heavy (non-hydrogen) atoms. The zero-order chi connectivity index (χ0) is 11.7. The summed E-state index contributed by atoms with van der Waals surface area (Å²) in [6.45, 7) is 0. The predicted octanol–water partition coefficient (Wildman–Crippen LogP) is 2.13. The zero-order valence-electron chi connectivity index (χ0n) is 8.39. The van der Waals surface area contributed by atoms with Crippen molar-refractivity contribution < 1.29 is 10.0 Å². The largest absolute Gasteiger partial charge is 0.393 e. The highest BCUT2D eigenvalue weighted by Gasteiger charge is 2.27. The normalized spacial score (nSPS) is 23.6. The summed E-state index contributed by atoms with van der Waals surface area (Å²) in [5.74, 6) is 0. The van der Waals surface area contributed by atoms with Crippen molar-refractivity contribution in [2.75, 3.05) is 5.32 Å². The first-order valence-electron chi connectivity index (χ1n) is 4.95. The predicted molar refractivity (Wildman–Crippen MR) is 68.5 cm³/mol. The standard InChI is InChI=1S/C10H11IN2O3/c11-9-5-7(13(15)16)1-2-10(9)12-6-3-8(14)4-6/h1-2,5-6,8,12,14H,3-4H2. The van der Waals surface area contributed by atoms with Crippen molar-refractivity contribution in [3.63, 3.8) is 0 Å². The number of rotatable bonds is 3. The number of aliphatic hydroxyl groups is 1. The molecule has 5 nitrogen and oxygen atoms in total. The number of hydrogen-bond donors (Lipinski definition) is 2. The lowest BCUT2D eigenvalue weighted by molar-refractivity contribution is -0.384. The third-order valence-corrected chi connectivity index (χ3v) is 3.53. The first kappa shape index (κ1) is 11.6. The number of nitrogens with one attached hydrogen (secondary N) is 1. The number of nitro groups is 1. The number of hydrogen-bond acceptors (Lipinski definition) is 4. The average Bonchev–Trinajstić information content (AvgIpc) is 2.18. The molecule has 86 valence electrons. The van der Waals surface area contributed by atoms with Crippen LogP contribution in [0, 0.1) is 13.7 Å². The molecule has 0 aliphatic heterocycles. The van der Waals surface area contributed by atoms with E-state index in [1.807, 2.05) is 0 Å². The maximum absolute atomic E-state index is 10.5. The number of benzene rings is 1. The second kappa shape index (κ2) is 4.54. The second-order valence-electron chi connectivity index (χ2n) is 3.89. The van der Waals surface area contributed by atoms with E-state index in [1.54, 1.807) is 6.07 Å². The molecule has 2 rings (SSSR count). The molecule has 0 amide bonds. The SMILES string of the molecule is O=[N+]([O-])c1ccc(NC2CC(O)C2)c(I)c1. The fraction of sp³-hybridized carbons (Fsp3) is 0.400. The Balaban J connectivity index is 2.07. The summed E-state index contributed by atoms with van der Waals surface area (Å²) in [7, 11) is 0. The van der Waals surface area contributed by atoms with E-state index in [1.165, 1.54) is 12.1 Å². The maximum Gasteiger partial charge on any atom is 0.270 e. The third-order valence-electron chi connectivity index (χ3n) is 2.64. The van der Waals surface area contributed by atoms with E-state index < -0.39 is 4.92 Å². The zero-order valence-corrected chi connectivity index (χ0v) is 10.5. The lowest BCUT2D eigenvalue weighted by Crippen LogP contribution is -2.39. The van der Waals surface area contributed by atoms with Crippen LogP contribution in [0.5, 0.6) is 0 Å². The van der Waals surface area contributed by atoms with Crippen LogP contribution in [0.4, 0.5) is 11.4 Å². The summed E-state index contributed by atoms with van der Waals surface area (Å²) >= 11 is 2.07. The van der Waals surface area contributed by atoms with Crippen LogP contribution < -0.4 is 5.32 Å². The van der Waals surface area contributed by atoms with Crippen LogP contribution in [0.15, 0.2) is 18.2 Å². The van der Waals surface area contributed by atoms with Gasteiger partial charge in [-0.15, -0.1) is 0 Å². The van der Waals surface area contributed by atoms with E-state index >= 15 is 0 Å².